The van der Waals surface area contributed by atoms with Crippen LogP contribution in [0, 0.1) is 0 Å². The molecule has 1 aromatic carbocycles. The number of aromatic nitrogens is 1. The first kappa shape index (κ1) is 13.3. The van der Waals surface area contributed by atoms with Gasteiger partial charge in [0.1, 0.15) is 11.9 Å². The Morgan fingerprint density at radius 3 is 2.65 bits per heavy atom. The Kier molecular flexibility index (Phi) is 3.14. The zero-order valence-electron chi connectivity index (χ0n) is 11.0. The summed E-state index contributed by atoms with van der Waals surface area (Å²) < 4.78 is 28.8. The summed E-state index contributed by atoms with van der Waals surface area (Å²) in [5, 5.41) is 14.3. The van der Waals surface area contributed by atoms with E-state index >= 15 is 0 Å². The molecule has 0 radical (unpaired) electrons. The number of aliphatic hydroxyl groups excluding tert-OH is 1. The molecule has 106 valence electrons. The summed E-state index contributed by atoms with van der Waals surface area (Å²) in [4.78, 5) is 0.135. The second kappa shape index (κ2) is 4.71. The number of nitrogens with zero attached hydrogens (tertiary/aromatic N) is 1. The lowest BCUT2D eigenvalue weighted by atomic mass is 10.0. The molecule has 5 nitrogen and oxygen atoms in total. The summed E-state index contributed by atoms with van der Waals surface area (Å²) in [6, 6.07) is 6.46. The molecule has 0 aliphatic heterocycles. The highest BCUT2D eigenvalue weighted by Crippen LogP contribution is 2.44. The highest BCUT2D eigenvalue weighted by molar-refractivity contribution is 7.90. The van der Waals surface area contributed by atoms with Crippen molar-refractivity contribution in [1.82, 2.24) is 5.16 Å². The van der Waals surface area contributed by atoms with Crippen molar-refractivity contribution in [3.8, 4) is 0 Å². The summed E-state index contributed by atoms with van der Waals surface area (Å²) in [6.07, 6.45) is 3.60. The van der Waals surface area contributed by atoms with E-state index in [0.717, 1.165) is 19.1 Å². The number of rotatable bonds is 4. The van der Waals surface area contributed by atoms with Crippen LogP contribution < -0.4 is 0 Å². The number of hydrogen-bond acceptors (Lipinski definition) is 5. The normalized spacial score (nSPS) is 17.1. The molecule has 1 saturated carbocycles. The van der Waals surface area contributed by atoms with E-state index in [-0.39, 0.29) is 4.90 Å². The zero-order chi connectivity index (χ0) is 14.3. The van der Waals surface area contributed by atoms with Crippen LogP contribution in [0.3, 0.4) is 0 Å². The van der Waals surface area contributed by atoms with Crippen molar-refractivity contribution in [2.45, 2.75) is 29.8 Å². The van der Waals surface area contributed by atoms with Crippen molar-refractivity contribution >= 4 is 9.84 Å². The van der Waals surface area contributed by atoms with Gasteiger partial charge in [-0.1, -0.05) is 23.4 Å². The van der Waals surface area contributed by atoms with Crippen molar-refractivity contribution in [2.75, 3.05) is 6.26 Å². The van der Waals surface area contributed by atoms with Gasteiger partial charge >= 0.3 is 0 Å². The lowest BCUT2D eigenvalue weighted by molar-refractivity contribution is 0.213. The zero-order valence-corrected chi connectivity index (χ0v) is 11.8. The Balaban J connectivity index is 2.07. The average Bonchev–Trinajstić information content (AvgIpc) is 3.14. The van der Waals surface area contributed by atoms with Gasteiger partial charge in [0, 0.05) is 23.3 Å². The summed E-state index contributed by atoms with van der Waals surface area (Å²) in [5.74, 6) is 0.966. The van der Waals surface area contributed by atoms with E-state index in [1.807, 2.05) is 0 Å². The van der Waals surface area contributed by atoms with Crippen LogP contribution in [0.5, 0.6) is 0 Å². The largest absolute Gasteiger partial charge is 0.383 e. The van der Waals surface area contributed by atoms with Gasteiger partial charge in [-0.3, -0.25) is 0 Å². The van der Waals surface area contributed by atoms with Crippen LogP contribution in [-0.4, -0.2) is 24.9 Å². The first-order chi connectivity index (χ1) is 9.48. The fourth-order valence-electron chi connectivity index (χ4n) is 2.33. The number of hydrogen-bond donors (Lipinski definition) is 1. The monoisotopic (exact) mass is 293 g/mol. The molecule has 1 heterocycles. The molecule has 1 fully saturated rings. The van der Waals surface area contributed by atoms with E-state index in [1.165, 1.54) is 12.3 Å². The summed E-state index contributed by atoms with van der Waals surface area (Å²) >= 11 is 0. The molecule has 1 atom stereocenters. The lowest BCUT2D eigenvalue weighted by Crippen LogP contribution is -2.08. The minimum absolute atomic E-state index is 0.135. The van der Waals surface area contributed by atoms with Crippen LogP contribution in [0.15, 0.2) is 39.9 Å². The third-order valence-corrected chi connectivity index (χ3v) is 4.65. The van der Waals surface area contributed by atoms with Gasteiger partial charge in [-0.15, -0.1) is 0 Å². The number of sulfone groups is 1. The molecule has 1 aromatic heterocycles. The summed E-state index contributed by atoms with van der Waals surface area (Å²) in [7, 11) is -3.40. The molecule has 2 aromatic rings. The van der Waals surface area contributed by atoms with Crippen LogP contribution in [0.2, 0.25) is 0 Å². The Hall–Kier alpha value is -1.66. The van der Waals surface area contributed by atoms with Gasteiger partial charge in [-0.05, 0) is 18.9 Å². The van der Waals surface area contributed by atoms with E-state index in [1.54, 1.807) is 18.2 Å². The maximum absolute atomic E-state index is 11.8. The molecule has 1 N–H and O–H groups in total. The van der Waals surface area contributed by atoms with E-state index in [9.17, 15) is 13.5 Å². The molecule has 6 heteroatoms. The molecular formula is C14H15NO4S. The van der Waals surface area contributed by atoms with Gasteiger partial charge in [0.15, 0.2) is 9.84 Å². The molecular weight excluding hydrogens is 278 g/mol. The summed E-state index contributed by atoms with van der Waals surface area (Å²) in [5.41, 5.74) is 0.920. The van der Waals surface area contributed by atoms with Gasteiger partial charge in [0.25, 0.3) is 0 Å². The minimum atomic E-state index is -3.40. The first-order valence-electron chi connectivity index (χ1n) is 6.40. The van der Waals surface area contributed by atoms with E-state index in [2.05, 4.69) is 5.16 Å². The van der Waals surface area contributed by atoms with E-state index < -0.39 is 15.9 Å². The third-order valence-electron chi connectivity index (χ3n) is 3.48. The molecule has 1 aliphatic rings. The Morgan fingerprint density at radius 2 is 2.00 bits per heavy atom. The van der Waals surface area contributed by atoms with Crippen LogP contribution >= 0.6 is 0 Å². The van der Waals surface area contributed by atoms with Gasteiger partial charge in [-0.25, -0.2) is 8.42 Å². The highest BCUT2D eigenvalue weighted by atomic mass is 32.2. The maximum Gasteiger partial charge on any atom is 0.175 e. The molecule has 0 saturated heterocycles. The van der Waals surface area contributed by atoms with Gasteiger partial charge in [0.05, 0.1) is 11.1 Å². The van der Waals surface area contributed by atoms with Crippen molar-refractivity contribution in [3.63, 3.8) is 0 Å². The molecule has 0 amide bonds. The molecule has 0 spiro atoms. The molecule has 3 rings (SSSR count). The highest BCUT2D eigenvalue weighted by Gasteiger charge is 2.33. The second-order valence-corrected chi connectivity index (χ2v) is 7.12. The second-order valence-electron chi connectivity index (χ2n) is 5.13. The van der Waals surface area contributed by atoms with Crippen molar-refractivity contribution < 1.29 is 18.0 Å². The van der Waals surface area contributed by atoms with E-state index in [4.69, 9.17) is 4.52 Å². The fraction of sp³-hybridized carbons (Fsp3) is 0.357. The number of aliphatic hydroxyl groups is 1. The van der Waals surface area contributed by atoms with Gasteiger partial charge in [0.2, 0.25) is 0 Å². The van der Waals surface area contributed by atoms with Gasteiger partial charge in [-0.2, -0.15) is 0 Å². The Labute approximate surface area is 117 Å². The Morgan fingerprint density at radius 1 is 1.30 bits per heavy atom. The van der Waals surface area contributed by atoms with Crippen LogP contribution in [0.1, 0.15) is 41.8 Å². The maximum atomic E-state index is 11.8. The van der Waals surface area contributed by atoms with Crippen LogP contribution in [0.25, 0.3) is 0 Å². The predicted molar refractivity (Wildman–Crippen MR) is 72.1 cm³/mol. The summed E-state index contributed by atoms with van der Waals surface area (Å²) in [6.45, 7) is 0. The van der Waals surface area contributed by atoms with Gasteiger partial charge < -0.3 is 9.63 Å². The van der Waals surface area contributed by atoms with Crippen molar-refractivity contribution in [1.29, 1.82) is 0 Å². The van der Waals surface area contributed by atoms with Crippen molar-refractivity contribution in [3.05, 3.63) is 47.3 Å². The lowest BCUT2D eigenvalue weighted by Gasteiger charge is -2.14. The predicted octanol–water partition coefficient (Wildman–Crippen LogP) is 2.04. The SMILES string of the molecule is CS(=O)(=O)c1ccccc1C(O)c1cnoc1C1CC1. The van der Waals surface area contributed by atoms with Crippen molar-refractivity contribution in [2.24, 2.45) is 0 Å². The van der Waals surface area contributed by atoms with E-state index in [0.29, 0.717) is 22.8 Å². The first-order valence-corrected chi connectivity index (χ1v) is 8.29. The molecule has 1 unspecified atom stereocenters. The smallest absolute Gasteiger partial charge is 0.175 e. The van der Waals surface area contributed by atoms with Crippen LogP contribution in [-0.2, 0) is 9.84 Å². The molecule has 0 bridgehead atoms. The average molecular weight is 293 g/mol. The Bertz CT molecular complexity index is 731. The molecule has 20 heavy (non-hydrogen) atoms. The fourth-order valence-corrected chi connectivity index (χ4v) is 3.26. The quantitative estimate of drug-likeness (QED) is 0.933. The topological polar surface area (TPSA) is 80.4 Å². The van der Waals surface area contributed by atoms with Crippen LogP contribution in [0.4, 0.5) is 0 Å². The standard InChI is InChI=1S/C14H15NO4S/c1-20(17,18)12-5-3-2-4-10(12)13(16)11-8-15-19-14(11)9-6-7-9/h2-5,8-9,13,16H,6-7H2,1H3. The minimum Gasteiger partial charge on any atom is -0.383 e. The molecule has 1 aliphatic carbocycles. The number of benzene rings is 1. The third kappa shape index (κ3) is 2.36.